The molecule has 0 fully saturated rings. The van der Waals surface area contributed by atoms with Crippen molar-refractivity contribution in [3.8, 4) is 0 Å². The van der Waals surface area contributed by atoms with Gasteiger partial charge in [0.25, 0.3) is 10.0 Å². The van der Waals surface area contributed by atoms with Crippen molar-refractivity contribution < 1.29 is 18.0 Å². The van der Waals surface area contributed by atoms with Crippen LogP contribution in [0.25, 0.3) is 0 Å². The summed E-state index contributed by atoms with van der Waals surface area (Å²) in [4.78, 5) is 28.7. The normalized spacial score (nSPS) is 13.8. The fourth-order valence-corrected chi connectivity index (χ4v) is 5.09. The van der Waals surface area contributed by atoms with E-state index >= 15 is 0 Å². The second-order valence-electron chi connectivity index (χ2n) is 6.94. The number of carbonyl (C=O) groups is 2. The summed E-state index contributed by atoms with van der Waals surface area (Å²) in [6, 6.07) is 10.0. The number of nitrogens with zero attached hydrogens (tertiary/aromatic N) is 1. The Bertz CT molecular complexity index is 1010. The molecule has 2 atom stereocenters. The highest BCUT2D eigenvalue weighted by Crippen LogP contribution is 2.17. The Morgan fingerprint density at radius 3 is 2.41 bits per heavy atom. The molecule has 0 saturated heterocycles. The average Bonchev–Trinajstić information content (AvgIpc) is 3.31. The number of hydrogen-bond donors (Lipinski definition) is 5. The minimum Gasteiger partial charge on any atom is -0.370 e. The molecule has 1 aromatic carbocycles. The van der Waals surface area contributed by atoms with Crippen molar-refractivity contribution in [3.63, 3.8) is 0 Å². The first-order valence-electron chi connectivity index (χ1n) is 9.88. The van der Waals surface area contributed by atoms with Crippen LogP contribution in [-0.4, -0.2) is 51.9 Å². The van der Waals surface area contributed by atoms with E-state index in [2.05, 4.69) is 20.3 Å². The highest BCUT2D eigenvalue weighted by atomic mass is 32.2. The summed E-state index contributed by atoms with van der Waals surface area (Å²) in [5.41, 5.74) is 11.9. The topological polar surface area (TPSA) is 169 Å². The van der Waals surface area contributed by atoms with Crippen molar-refractivity contribution in [2.24, 2.45) is 16.5 Å². The van der Waals surface area contributed by atoms with Crippen LogP contribution >= 0.6 is 11.3 Å². The van der Waals surface area contributed by atoms with Gasteiger partial charge in [-0.1, -0.05) is 36.4 Å². The van der Waals surface area contributed by atoms with Gasteiger partial charge in [0.15, 0.2) is 5.96 Å². The van der Waals surface area contributed by atoms with E-state index in [1.54, 1.807) is 11.4 Å². The van der Waals surface area contributed by atoms with Crippen molar-refractivity contribution in [3.05, 3.63) is 53.4 Å². The maximum absolute atomic E-state index is 13.0. The smallest absolute Gasteiger partial charge is 0.250 e. The first-order valence-corrected chi connectivity index (χ1v) is 12.2. The number of thiophene rings is 1. The molecule has 174 valence electrons. The molecule has 7 N–H and O–H groups in total. The van der Waals surface area contributed by atoms with Crippen molar-refractivity contribution >= 4 is 39.1 Å². The maximum atomic E-state index is 13.0. The predicted octanol–water partition coefficient (Wildman–Crippen LogP) is -0.0779. The lowest BCUT2D eigenvalue weighted by molar-refractivity contribution is -0.128. The molecule has 0 aliphatic rings. The molecule has 2 amide bonds. The van der Waals surface area contributed by atoms with E-state index in [1.165, 1.54) is 13.1 Å². The van der Waals surface area contributed by atoms with Gasteiger partial charge < -0.3 is 22.1 Å². The lowest BCUT2D eigenvalue weighted by atomic mass is 10.0. The molecule has 2 aromatic rings. The summed E-state index contributed by atoms with van der Waals surface area (Å²) in [6.07, 6.45) is 0.774. The third kappa shape index (κ3) is 7.94. The quantitative estimate of drug-likeness (QED) is 0.162. The largest absolute Gasteiger partial charge is 0.370 e. The molecule has 10 nitrogen and oxygen atoms in total. The zero-order valence-electron chi connectivity index (χ0n) is 17.7. The summed E-state index contributed by atoms with van der Waals surface area (Å²) in [5, 5.41) is 7.07. The Hall–Kier alpha value is -2.96. The summed E-state index contributed by atoms with van der Waals surface area (Å²) >= 11 is 1.04. The fourth-order valence-electron chi connectivity index (χ4n) is 2.85. The molecule has 0 unspecified atom stereocenters. The zero-order valence-corrected chi connectivity index (χ0v) is 19.3. The van der Waals surface area contributed by atoms with Crippen LogP contribution in [0.4, 0.5) is 0 Å². The first-order chi connectivity index (χ1) is 15.2. The second-order valence-corrected chi connectivity index (χ2v) is 9.83. The number of nitrogens with one attached hydrogen (secondary N) is 3. The molecule has 1 heterocycles. The summed E-state index contributed by atoms with van der Waals surface area (Å²) < 4.78 is 27.9. The minimum atomic E-state index is -3.91. The summed E-state index contributed by atoms with van der Waals surface area (Å²) in [5.74, 6) is -1.11. The number of primary amides is 1. The van der Waals surface area contributed by atoms with Gasteiger partial charge in [-0.05, 0) is 29.9 Å². The van der Waals surface area contributed by atoms with Gasteiger partial charge in [-0.25, -0.2) is 8.42 Å². The van der Waals surface area contributed by atoms with Gasteiger partial charge in [0.1, 0.15) is 16.3 Å². The summed E-state index contributed by atoms with van der Waals surface area (Å²) in [7, 11) is -2.38. The van der Waals surface area contributed by atoms with Gasteiger partial charge in [0, 0.05) is 20.0 Å². The standard InChI is InChI=1S/C20H28N6O4S2/c1-23-20(22)24-11-5-9-15(26-32(29,30)17-10-6-12-31-17)19(28)25-16(18(21)27)13-14-7-3-2-4-8-14/h2-4,6-8,10,12,15-16,26H,5,9,11,13H2,1H3,(H2,21,27)(H,25,28)(H3,22,23,24)/t15-,16-/m0/s1. The van der Waals surface area contributed by atoms with Crippen LogP contribution in [0.5, 0.6) is 0 Å². The number of nitrogens with two attached hydrogens (primary N) is 2. The number of amides is 2. The van der Waals surface area contributed by atoms with Crippen molar-refractivity contribution in [1.29, 1.82) is 0 Å². The number of aliphatic imine (C=N–C) groups is 1. The van der Waals surface area contributed by atoms with Crippen molar-refractivity contribution in [2.45, 2.75) is 35.6 Å². The Kier molecular flexibility index (Phi) is 9.62. The second kappa shape index (κ2) is 12.2. The molecule has 1 aromatic heterocycles. The summed E-state index contributed by atoms with van der Waals surface area (Å²) in [6.45, 7) is 0.386. The molecular weight excluding hydrogens is 452 g/mol. The van der Waals surface area contributed by atoms with E-state index in [-0.39, 0.29) is 23.0 Å². The fraction of sp³-hybridized carbons (Fsp3) is 0.350. The molecule has 0 aliphatic carbocycles. The molecule has 0 radical (unpaired) electrons. The molecule has 12 heteroatoms. The number of rotatable bonds is 12. The Labute approximate surface area is 191 Å². The van der Waals surface area contributed by atoms with Crippen LogP contribution in [0.2, 0.25) is 0 Å². The van der Waals surface area contributed by atoms with Crippen LogP contribution in [-0.2, 0) is 26.0 Å². The van der Waals surface area contributed by atoms with E-state index in [0.29, 0.717) is 13.0 Å². The van der Waals surface area contributed by atoms with Gasteiger partial charge in [-0.2, -0.15) is 4.72 Å². The van der Waals surface area contributed by atoms with E-state index in [1.807, 2.05) is 30.3 Å². The highest BCUT2D eigenvalue weighted by Gasteiger charge is 2.29. The number of guanidine groups is 1. The Morgan fingerprint density at radius 1 is 1.09 bits per heavy atom. The number of carbonyl (C=O) groups excluding carboxylic acids is 2. The predicted molar refractivity (Wildman–Crippen MR) is 124 cm³/mol. The third-order valence-corrected chi connectivity index (χ3v) is 7.40. The van der Waals surface area contributed by atoms with Gasteiger partial charge in [-0.3, -0.25) is 14.6 Å². The number of hydrogen-bond acceptors (Lipinski definition) is 6. The van der Waals surface area contributed by atoms with Crippen LogP contribution in [0.1, 0.15) is 18.4 Å². The molecule has 2 rings (SSSR count). The molecule has 0 aliphatic heterocycles. The molecule has 0 spiro atoms. The number of sulfonamides is 1. The minimum absolute atomic E-state index is 0.0894. The number of benzene rings is 1. The maximum Gasteiger partial charge on any atom is 0.250 e. The van der Waals surface area contributed by atoms with Gasteiger partial charge in [0.2, 0.25) is 11.8 Å². The molecule has 32 heavy (non-hydrogen) atoms. The zero-order chi connectivity index (χ0) is 23.6. The Morgan fingerprint density at radius 2 is 1.81 bits per heavy atom. The van der Waals surface area contributed by atoms with Crippen LogP contribution < -0.4 is 26.8 Å². The highest BCUT2D eigenvalue weighted by molar-refractivity contribution is 7.91. The SMILES string of the molecule is CN=C(N)NCCC[C@H](NS(=O)(=O)c1cccs1)C(=O)N[C@@H](Cc1ccccc1)C(N)=O. The average molecular weight is 481 g/mol. The van der Waals surface area contributed by atoms with E-state index in [9.17, 15) is 18.0 Å². The van der Waals surface area contributed by atoms with Gasteiger partial charge in [0.05, 0.1) is 0 Å². The van der Waals surface area contributed by atoms with Gasteiger partial charge >= 0.3 is 0 Å². The molecular formula is C20H28N6O4S2. The lowest BCUT2D eigenvalue weighted by Gasteiger charge is -2.22. The van der Waals surface area contributed by atoms with E-state index < -0.39 is 33.9 Å². The monoisotopic (exact) mass is 480 g/mol. The molecule has 0 bridgehead atoms. The van der Waals surface area contributed by atoms with Crippen molar-refractivity contribution in [1.82, 2.24) is 15.4 Å². The van der Waals surface area contributed by atoms with E-state index in [0.717, 1.165) is 16.9 Å². The Balaban J connectivity index is 2.12. The lowest BCUT2D eigenvalue weighted by Crippen LogP contribution is -2.53. The molecule has 0 saturated carbocycles. The van der Waals surface area contributed by atoms with Gasteiger partial charge in [-0.15, -0.1) is 11.3 Å². The van der Waals surface area contributed by atoms with Crippen molar-refractivity contribution in [2.75, 3.05) is 13.6 Å². The first kappa shape index (κ1) is 25.3. The van der Waals surface area contributed by atoms with E-state index in [4.69, 9.17) is 11.5 Å². The van der Waals surface area contributed by atoms with Crippen LogP contribution in [0.3, 0.4) is 0 Å². The van der Waals surface area contributed by atoms with Crippen LogP contribution in [0, 0.1) is 0 Å². The third-order valence-electron chi connectivity index (χ3n) is 4.53. The van der Waals surface area contributed by atoms with Crippen LogP contribution in [0.15, 0.2) is 57.0 Å².